The van der Waals surface area contributed by atoms with Crippen LogP contribution >= 0.6 is 12.2 Å². The Hall–Kier alpha value is -2.21. The number of nitrogens with one attached hydrogen (secondary N) is 2. The summed E-state index contributed by atoms with van der Waals surface area (Å²) >= 11 is 5.12. The molecule has 0 saturated heterocycles. The smallest absolute Gasteiger partial charge is 0.191 e. The van der Waals surface area contributed by atoms with Crippen LogP contribution in [-0.2, 0) is 6.54 Å². The van der Waals surface area contributed by atoms with Crippen molar-refractivity contribution < 1.29 is 4.39 Å². The summed E-state index contributed by atoms with van der Waals surface area (Å²) in [4.78, 5) is 0. The summed E-state index contributed by atoms with van der Waals surface area (Å²) in [5, 5.41) is 7.17. The second kappa shape index (κ2) is 8.06. The van der Waals surface area contributed by atoms with Gasteiger partial charge in [-0.1, -0.05) is 26.0 Å². The molecule has 0 saturated carbocycles. The number of thiocarbonyl (C=S) groups is 1. The topological polar surface area (TPSA) is 41.4 Å². The lowest BCUT2D eigenvalue weighted by molar-refractivity contribution is 0.509. The van der Waals surface area contributed by atoms with Crippen molar-refractivity contribution in [2.75, 3.05) is 5.32 Å². The molecule has 128 valence electrons. The lowest BCUT2D eigenvalue weighted by Crippen LogP contribution is -2.24. The van der Waals surface area contributed by atoms with E-state index in [0.717, 1.165) is 12.1 Å². The first-order valence-corrected chi connectivity index (χ1v) is 8.30. The van der Waals surface area contributed by atoms with E-state index in [-0.39, 0.29) is 10.9 Å². The van der Waals surface area contributed by atoms with E-state index in [4.69, 9.17) is 12.2 Å². The van der Waals surface area contributed by atoms with Gasteiger partial charge in [0.05, 0.1) is 11.9 Å². The molecule has 24 heavy (non-hydrogen) atoms. The van der Waals surface area contributed by atoms with E-state index in [1.807, 2.05) is 0 Å². The summed E-state index contributed by atoms with van der Waals surface area (Å²) < 4.78 is 15.8. The first-order valence-electron chi connectivity index (χ1n) is 7.89. The Balaban J connectivity index is 1.99. The van der Waals surface area contributed by atoms with Gasteiger partial charge in [0.2, 0.25) is 0 Å². The lowest BCUT2D eigenvalue weighted by Gasteiger charge is -2.11. The summed E-state index contributed by atoms with van der Waals surface area (Å²) in [5.74, 6) is 0.220. The number of hydrogen-bond donors (Lipinski definition) is 2. The van der Waals surface area contributed by atoms with Crippen molar-refractivity contribution in [3.63, 3.8) is 0 Å². The average Bonchev–Trinajstić information content (AvgIpc) is 2.77. The number of halogens is 1. The Morgan fingerprint density at radius 3 is 2.71 bits per heavy atom. The molecule has 4 nitrogen and oxygen atoms in total. The first kappa shape index (κ1) is 18.1. The molecule has 0 bridgehead atoms. The summed E-state index contributed by atoms with van der Waals surface area (Å²) in [6.07, 6.45) is 1.73. The molecule has 0 atom stereocenters. The van der Waals surface area contributed by atoms with Crippen LogP contribution in [0.2, 0.25) is 0 Å². The summed E-state index contributed by atoms with van der Waals surface area (Å²) in [5.41, 5.74) is 6.44. The number of nitrogens with zero attached hydrogens (tertiary/aromatic N) is 2. The van der Waals surface area contributed by atoms with Crippen LogP contribution in [0.3, 0.4) is 0 Å². The van der Waals surface area contributed by atoms with Crippen molar-refractivity contribution >= 4 is 29.2 Å². The predicted octanol–water partition coefficient (Wildman–Crippen LogP) is 4.22. The maximum atomic E-state index is 13.6. The van der Waals surface area contributed by atoms with Gasteiger partial charge in [-0.15, -0.1) is 0 Å². The quantitative estimate of drug-likeness (QED) is 0.484. The number of para-hydroxylation sites is 1. The van der Waals surface area contributed by atoms with Crippen molar-refractivity contribution in [3.8, 4) is 0 Å². The van der Waals surface area contributed by atoms with Gasteiger partial charge >= 0.3 is 0 Å². The number of aryl methyl sites for hydroxylation is 1. The third kappa shape index (κ3) is 4.64. The highest BCUT2D eigenvalue weighted by Crippen LogP contribution is 2.15. The van der Waals surface area contributed by atoms with Crippen molar-refractivity contribution in [3.05, 3.63) is 53.1 Å². The van der Waals surface area contributed by atoms with E-state index in [9.17, 15) is 4.39 Å². The molecule has 0 fully saturated rings. The van der Waals surface area contributed by atoms with Crippen LogP contribution in [0.25, 0.3) is 0 Å². The number of aromatic nitrogens is 1. The van der Waals surface area contributed by atoms with Crippen LogP contribution < -0.4 is 10.7 Å². The van der Waals surface area contributed by atoms with Crippen LogP contribution in [0, 0.1) is 25.6 Å². The number of hydrazone groups is 1. The Bertz CT molecular complexity index is 749. The van der Waals surface area contributed by atoms with E-state index in [1.165, 1.54) is 17.5 Å². The molecule has 1 aromatic carbocycles. The zero-order valence-electron chi connectivity index (χ0n) is 14.4. The van der Waals surface area contributed by atoms with Crippen molar-refractivity contribution in [1.29, 1.82) is 0 Å². The molecular weight excluding hydrogens is 323 g/mol. The molecule has 0 unspecified atom stereocenters. The molecule has 0 aliphatic carbocycles. The maximum absolute atomic E-state index is 13.6. The SMILES string of the molecule is Cc1cc(/C=N\NC(=S)Nc2ccccc2F)c(C)n1CC(C)C. The van der Waals surface area contributed by atoms with E-state index in [2.05, 4.69) is 54.2 Å². The van der Waals surface area contributed by atoms with Crippen molar-refractivity contribution in [1.82, 2.24) is 9.99 Å². The standard InChI is InChI=1S/C18H23FN4S/c1-12(2)11-23-13(3)9-15(14(23)4)10-20-22-18(24)21-17-8-6-5-7-16(17)19/h5-10,12H,11H2,1-4H3,(H2,21,22,24)/b20-10-. The molecule has 6 heteroatoms. The lowest BCUT2D eigenvalue weighted by atomic mass is 10.2. The van der Waals surface area contributed by atoms with Gasteiger partial charge in [-0.2, -0.15) is 5.10 Å². The van der Waals surface area contributed by atoms with Crippen molar-refractivity contribution in [2.24, 2.45) is 11.0 Å². The minimum atomic E-state index is -0.358. The normalized spacial score (nSPS) is 11.2. The third-order valence-corrected chi connectivity index (χ3v) is 3.85. The Morgan fingerprint density at radius 2 is 2.04 bits per heavy atom. The highest BCUT2D eigenvalue weighted by Gasteiger charge is 2.08. The Kier molecular flexibility index (Phi) is 6.09. The molecule has 2 rings (SSSR count). The molecule has 2 N–H and O–H groups in total. The molecule has 0 amide bonds. The summed E-state index contributed by atoms with van der Waals surface area (Å²) in [6, 6.07) is 8.45. The third-order valence-electron chi connectivity index (χ3n) is 3.65. The number of benzene rings is 1. The highest BCUT2D eigenvalue weighted by atomic mass is 32.1. The first-order chi connectivity index (χ1) is 11.4. The summed E-state index contributed by atoms with van der Waals surface area (Å²) in [6.45, 7) is 9.53. The fourth-order valence-corrected chi connectivity index (χ4v) is 2.64. The number of rotatable bonds is 5. The van der Waals surface area contributed by atoms with Gasteiger partial charge in [-0.05, 0) is 50.2 Å². The van der Waals surface area contributed by atoms with Gasteiger partial charge in [0.25, 0.3) is 0 Å². The van der Waals surface area contributed by atoms with Crippen LogP contribution in [0.1, 0.15) is 30.8 Å². The van der Waals surface area contributed by atoms with Crippen LogP contribution in [-0.4, -0.2) is 15.9 Å². The molecule has 1 aromatic heterocycles. The van der Waals surface area contributed by atoms with Gasteiger partial charge in [0, 0.05) is 23.5 Å². The molecule has 2 aromatic rings. The van der Waals surface area contributed by atoms with Gasteiger partial charge in [-0.3, -0.25) is 5.43 Å². The predicted molar refractivity (Wildman–Crippen MR) is 102 cm³/mol. The van der Waals surface area contributed by atoms with E-state index < -0.39 is 0 Å². The summed E-state index contributed by atoms with van der Waals surface area (Å²) in [7, 11) is 0. The number of hydrogen-bond acceptors (Lipinski definition) is 2. The molecular formula is C18H23FN4S. The highest BCUT2D eigenvalue weighted by molar-refractivity contribution is 7.80. The molecule has 0 spiro atoms. The van der Waals surface area contributed by atoms with E-state index in [0.29, 0.717) is 11.6 Å². The van der Waals surface area contributed by atoms with E-state index in [1.54, 1.807) is 24.4 Å². The average molecular weight is 346 g/mol. The fraction of sp³-hybridized carbons (Fsp3) is 0.333. The van der Waals surface area contributed by atoms with Gasteiger partial charge < -0.3 is 9.88 Å². The van der Waals surface area contributed by atoms with Gasteiger partial charge in [-0.25, -0.2) is 4.39 Å². The largest absolute Gasteiger partial charge is 0.348 e. The van der Waals surface area contributed by atoms with E-state index >= 15 is 0 Å². The van der Waals surface area contributed by atoms with Crippen LogP contribution in [0.4, 0.5) is 10.1 Å². The zero-order chi connectivity index (χ0) is 17.7. The minimum absolute atomic E-state index is 0.243. The second-order valence-electron chi connectivity index (χ2n) is 6.13. The zero-order valence-corrected chi connectivity index (χ0v) is 15.2. The Morgan fingerprint density at radius 1 is 1.33 bits per heavy atom. The molecule has 0 radical (unpaired) electrons. The molecule has 0 aliphatic rings. The van der Waals surface area contributed by atoms with Crippen molar-refractivity contribution in [2.45, 2.75) is 34.2 Å². The monoisotopic (exact) mass is 346 g/mol. The minimum Gasteiger partial charge on any atom is -0.348 e. The second-order valence-corrected chi connectivity index (χ2v) is 6.54. The fourth-order valence-electron chi connectivity index (χ4n) is 2.48. The molecule has 1 heterocycles. The van der Waals surface area contributed by atoms with Gasteiger partial charge in [0.15, 0.2) is 5.11 Å². The number of anilines is 1. The van der Waals surface area contributed by atoms with Crippen LogP contribution in [0.15, 0.2) is 35.4 Å². The maximum Gasteiger partial charge on any atom is 0.191 e. The van der Waals surface area contributed by atoms with Gasteiger partial charge in [0.1, 0.15) is 5.82 Å². The Labute approximate surface area is 147 Å². The van der Waals surface area contributed by atoms with Crippen LogP contribution in [0.5, 0.6) is 0 Å². The molecule has 0 aliphatic heterocycles.